The number of aldehydes is 1. The molecule has 0 spiro atoms. The van der Waals surface area contributed by atoms with Gasteiger partial charge >= 0.3 is 0 Å². The van der Waals surface area contributed by atoms with E-state index in [1.807, 2.05) is 6.92 Å². The zero-order valence-corrected chi connectivity index (χ0v) is 9.02. The van der Waals surface area contributed by atoms with Crippen LogP contribution in [0.3, 0.4) is 0 Å². The molecule has 1 aromatic carbocycles. The highest BCUT2D eigenvalue weighted by Gasteiger charge is 2.15. The van der Waals surface area contributed by atoms with Crippen LogP contribution < -0.4 is 0 Å². The molecule has 2 aromatic rings. The van der Waals surface area contributed by atoms with Gasteiger partial charge in [-0.05, 0) is 25.1 Å². The summed E-state index contributed by atoms with van der Waals surface area (Å²) in [5.41, 5.74) is 0.872. The van der Waals surface area contributed by atoms with Crippen molar-refractivity contribution in [3.8, 4) is 11.3 Å². The molecule has 0 radical (unpaired) electrons. The van der Waals surface area contributed by atoms with E-state index in [4.69, 9.17) is 0 Å². The van der Waals surface area contributed by atoms with Gasteiger partial charge in [-0.25, -0.2) is 13.5 Å². The molecule has 1 aromatic heterocycles. The number of carbonyl (C=O) groups excluding carboxylic acids is 1. The van der Waals surface area contributed by atoms with Crippen LogP contribution in [0.25, 0.3) is 11.3 Å². The van der Waals surface area contributed by atoms with E-state index in [0.717, 1.165) is 12.1 Å². The summed E-state index contributed by atoms with van der Waals surface area (Å²) in [4.78, 5) is 10.8. The van der Waals surface area contributed by atoms with Gasteiger partial charge < -0.3 is 0 Å². The molecule has 0 unspecified atom stereocenters. The van der Waals surface area contributed by atoms with Gasteiger partial charge in [-0.3, -0.25) is 4.79 Å². The second-order valence-electron chi connectivity index (χ2n) is 3.39. The molecule has 0 saturated carbocycles. The van der Waals surface area contributed by atoms with E-state index in [0.29, 0.717) is 24.1 Å². The highest BCUT2D eigenvalue weighted by atomic mass is 19.2. The normalized spacial score (nSPS) is 10.5. The third-order valence-corrected chi connectivity index (χ3v) is 2.37. The van der Waals surface area contributed by atoms with Crippen molar-refractivity contribution in [3.63, 3.8) is 0 Å². The van der Waals surface area contributed by atoms with E-state index in [2.05, 4.69) is 10.3 Å². The molecule has 1 heterocycles. The van der Waals surface area contributed by atoms with Crippen molar-refractivity contribution in [2.45, 2.75) is 13.5 Å². The Hall–Kier alpha value is -2.11. The number of aryl methyl sites for hydroxylation is 1. The number of rotatable bonds is 3. The predicted octanol–water partition coefficient (Wildman–Crippen LogP) is 2.06. The monoisotopic (exact) mass is 237 g/mol. The van der Waals surface area contributed by atoms with E-state index in [-0.39, 0.29) is 5.69 Å². The Morgan fingerprint density at radius 3 is 2.71 bits per heavy atom. The summed E-state index contributed by atoms with van der Waals surface area (Å²) in [7, 11) is 0. The van der Waals surface area contributed by atoms with Crippen molar-refractivity contribution in [2.75, 3.05) is 0 Å². The first-order chi connectivity index (χ1) is 8.17. The van der Waals surface area contributed by atoms with Gasteiger partial charge in [-0.15, -0.1) is 5.10 Å². The van der Waals surface area contributed by atoms with Gasteiger partial charge in [0.15, 0.2) is 23.6 Å². The van der Waals surface area contributed by atoms with Crippen molar-refractivity contribution >= 4 is 6.29 Å². The lowest BCUT2D eigenvalue weighted by molar-refractivity contribution is 0.111. The summed E-state index contributed by atoms with van der Waals surface area (Å²) in [6.07, 6.45) is 0.537. The van der Waals surface area contributed by atoms with Crippen LogP contribution in [-0.2, 0) is 6.54 Å². The molecule has 0 amide bonds. The predicted molar refractivity (Wildman–Crippen MR) is 56.4 cm³/mol. The Bertz CT molecular complexity index is 566. The van der Waals surface area contributed by atoms with E-state index in [1.54, 1.807) is 0 Å². The van der Waals surface area contributed by atoms with Gasteiger partial charge in [-0.2, -0.15) is 0 Å². The Balaban J connectivity index is 2.62. The lowest BCUT2D eigenvalue weighted by Crippen LogP contribution is -2.00. The first-order valence-electron chi connectivity index (χ1n) is 5.01. The van der Waals surface area contributed by atoms with Crippen LogP contribution >= 0.6 is 0 Å². The maximum Gasteiger partial charge on any atom is 0.172 e. The average Bonchev–Trinajstić information content (AvgIpc) is 2.75. The van der Waals surface area contributed by atoms with Gasteiger partial charge in [0.25, 0.3) is 0 Å². The first kappa shape index (κ1) is 11.4. The summed E-state index contributed by atoms with van der Waals surface area (Å²) in [6, 6.07) is 3.41. The third-order valence-electron chi connectivity index (χ3n) is 2.37. The fourth-order valence-corrected chi connectivity index (χ4v) is 1.57. The molecule has 0 aliphatic rings. The molecule has 0 fully saturated rings. The van der Waals surface area contributed by atoms with E-state index < -0.39 is 11.6 Å². The minimum absolute atomic E-state index is 0.109. The quantitative estimate of drug-likeness (QED) is 0.767. The number of benzene rings is 1. The molecule has 4 nitrogen and oxygen atoms in total. The first-order valence-corrected chi connectivity index (χ1v) is 5.01. The standard InChI is InChI=1S/C11H9F2N3O/c1-2-16-11(10(6-17)14-15-16)7-3-4-8(12)9(13)5-7/h3-6H,2H2,1H3. The van der Waals surface area contributed by atoms with E-state index in [1.165, 1.54) is 10.7 Å². The van der Waals surface area contributed by atoms with E-state index in [9.17, 15) is 13.6 Å². The second-order valence-corrected chi connectivity index (χ2v) is 3.39. The largest absolute Gasteiger partial charge is 0.296 e. The summed E-state index contributed by atoms with van der Waals surface area (Å²) in [5, 5.41) is 7.42. The molecule has 0 atom stereocenters. The molecule has 6 heteroatoms. The van der Waals surface area contributed by atoms with E-state index >= 15 is 0 Å². The van der Waals surface area contributed by atoms with Crippen molar-refractivity contribution in [1.82, 2.24) is 15.0 Å². The number of carbonyl (C=O) groups is 1. The fourth-order valence-electron chi connectivity index (χ4n) is 1.57. The van der Waals surface area contributed by atoms with Crippen molar-refractivity contribution in [1.29, 1.82) is 0 Å². The van der Waals surface area contributed by atoms with Crippen LogP contribution in [0.5, 0.6) is 0 Å². The number of halogens is 2. The summed E-state index contributed by atoms with van der Waals surface area (Å²) in [6.45, 7) is 2.29. The Kier molecular flexibility index (Phi) is 2.95. The lowest BCUT2D eigenvalue weighted by atomic mass is 10.1. The van der Waals surface area contributed by atoms with Crippen LogP contribution in [0.1, 0.15) is 17.4 Å². The SMILES string of the molecule is CCn1nnc(C=O)c1-c1ccc(F)c(F)c1. The highest BCUT2D eigenvalue weighted by Crippen LogP contribution is 2.23. The molecule has 0 N–H and O–H groups in total. The molecule has 88 valence electrons. The second kappa shape index (κ2) is 4.40. The van der Waals surface area contributed by atoms with Crippen molar-refractivity contribution < 1.29 is 13.6 Å². The van der Waals surface area contributed by atoms with Gasteiger partial charge in [-0.1, -0.05) is 5.21 Å². The minimum atomic E-state index is -0.969. The zero-order chi connectivity index (χ0) is 12.4. The minimum Gasteiger partial charge on any atom is -0.296 e. The average molecular weight is 237 g/mol. The van der Waals surface area contributed by atoms with Gasteiger partial charge in [0.2, 0.25) is 0 Å². The Morgan fingerprint density at radius 1 is 1.35 bits per heavy atom. The molecule has 0 saturated heterocycles. The van der Waals surface area contributed by atoms with Crippen molar-refractivity contribution in [2.24, 2.45) is 0 Å². The Morgan fingerprint density at radius 2 is 2.12 bits per heavy atom. The summed E-state index contributed by atoms with van der Waals surface area (Å²) < 4.78 is 27.4. The van der Waals surface area contributed by atoms with Gasteiger partial charge in [0, 0.05) is 12.1 Å². The van der Waals surface area contributed by atoms with Crippen molar-refractivity contribution in [3.05, 3.63) is 35.5 Å². The maximum absolute atomic E-state index is 13.1. The number of hydrogen-bond acceptors (Lipinski definition) is 3. The molecule has 0 bridgehead atoms. The fraction of sp³-hybridized carbons (Fsp3) is 0.182. The number of aromatic nitrogens is 3. The Labute approximate surface area is 95.9 Å². The summed E-state index contributed by atoms with van der Waals surface area (Å²) in [5.74, 6) is -1.90. The van der Waals surface area contributed by atoms with Crippen LogP contribution in [0.15, 0.2) is 18.2 Å². The highest BCUT2D eigenvalue weighted by molar-refractivity contribution is 5.83. The molecule has 0 aliphatic carbocycles. The number of hydrogen-bond donors (Lipinski definition) is 0. The van der Waals surface area contributed by atoms with Crippen LogP contribution in [0.4, 0.5) is 8.78 Å². The number of nitrogens with zero attached hydrogens (tertiary/aromatic N) is 3. The van der Waals surface area contributed by atoms with Crippen LogP contribution in [0.2, 0.25) is 0 Å². The molecular formula is C11H9F2N3O. The van der Waals surface area contributed by atoms with Crippen LogP contribution in [-0.4, -0.2) is 21.3 Å². The van der Waals surface area contributed by atoms with Gasteiger partial charge in [0.1, 0.15) is 0 Å². The maximum atomic E-state index is 13.1. The topological polar surface area (TPSA) is 47.8 Å². The third kappa shape index (κ3) is 1.93. The molecule has 17 heavy (non-hydrogen) atoms. The molecular weight excluding hydrogens is 228 g/mol. The summed E-state index contributed by atoms with van der Waals surface area (Å²) >= 11 is 0. The zero-order valence-electron chi connectivity index (χ0n) is 9.02. The lowest BCUT2D eigenvalue weighted by Gasteiger charge is -2.04. The van der Waals surface area contributed by atoms with Gasteiger partial charge in [0.05, 0.1) is 5.69 Å². The van der Waals surface area contributed by atoms with Crippen LogP contribution in [0, 0.1) is 11.6 Å². The molecule has 2 rings (SSSR count). The molecule has 0 aliphatic heterocycles. The smallest absolute Gasteiger partial charge is 0.172 e.